The van der Waals surface area contributed by atoms with Crippen LogP contribution in [0.5, 0.6) is 0 Å². The molecule has 1 spiro atoms. The minimum Gasteiger partial charge on any atom is -0.480 e. The summed E-state index contributed by atoms with van der Waals surface area (Å²) >= 11 is 0. The van der Waals surface area contributed by atoms with Crippen LogP contribution in [0.15, 0.2) is 48.5 Å². The van der Waals surface area contributed by atoms with Gasteiger partial charge in [-0.2, -0.15) is 0 Å². The molecule has 0 aromatic heterocycles. The largest absolute Gasteiger partial charge is 0.480 e. The topological polar surface area (TPSA) is 84.9 Å². The fourth-order valence-electron chi connectivity index (χ4n) is 5.42. The predicted molar refractivity (Wildman–Crippen MR) is 115 cm³/mol. The number of benzene rings is 2. The van der Waals surface area contributed by atoms with Crippen LogP contribution in [0, 0.1) is 5.92 Å². The van der Waals surface area contributed by atoms with Gasteiger partial charge in [-0.3, -0.25) is 0 Å². The van der Waals surface area contributed by atoms with Gasteiger partial charge in [0.2, 0.25) is 0 Å². The van der Waals surface area contributed by atoms with Crippen LogP contribution in [0.3, 0.4) is 0 Å². The van der Waals surface area contributed by atoms with Crippen molar-refractivity contribution in [2.75, 3.05) is 13.2 Å². The molecule has 0 radical (unpaired) electrons. The van der Waals surface area contributed by atoms with Crippen molar-refractivity contribution in [3.8, 4) is 11.1 Å². The van der Waals surface area contributed by atoms with Gasteiger partial charge in [0.05, 0.1) is 5.60 Å². The fourth-order valence-corrected chi connectivity index (χ4v) is 5.42. The highest BCUT2D eigenvalue weighted by Gasteiger charge is 2.46. The number of carbonyl (C=O) groups excluding carboxylic acids is 1. The molecule has 6 nitrogen and oxygen atoms in total. The van der Waals surface area contributed by atoms with E-state index in [1.807, 2.05) is 24.3 Å². The van der Waals surface area contributed by atoms with Gasteiger partial charge in [-0.05, 0) is 60.3 Å². The SMILES string of the molecule is O=C(NC(C(=O)O)C1CCOC2(CCC2)C1)OCC1c2ccccc2-c2ccccc21. The van der Waals surface area contributed by atoms with Crippen molar-refractivity contribution in [1.29, 1.82) is 0 Å². The highest BCUT2D eigenvalue weighted by Crippen LogP contribution is 2.46. The minimum atomic E-state index is -1.02. The van der Waals surface area contributed by atoms with Crippen LogP contribution in [-0.4, -0.2) is 42.0 Å². The van der Waals surface area contributed by atoms with Crippen molar-refractivity contribution in [2.24, 2.45) is 5.92 Å². The maximum atomic E-state index is 12.6. The number of fused-ring (bicyclic) bond motifs is 3. The first-order valence-electron chi connectivity index (χ1n) is 11.0. The number of ether oxygens (including phenoxy) is 2. The zero-order valence-corrected chi connectivity index (χ0v) is 17.4. The Bertz CT molecular complexity index is 953. The van der Waals surface area contributed by atoms with Gasteiger partial charge >= 0.3 is 12.1 Å². The number of carboxylic acids is 1. The van der Waals surface area contributed by atoms with E-state index in [0.717, 1.165) is 41.5 Å². The van der Waals surface area contributed by atoms with E-state index >= 15 is 0 Å². The first-order chi connectivity index (χ1) is 15.1. The molecule has 2 aliphatic carbocycles. The lowest BCUT2D eigenvalue weighted by atomic mass is 9.70. The van der Waals surface area contributed by atoms with Gasteiger partial charge in [0.15, 0.2) is 0 Å². The monoisotopic (exact) mass is 421 g/mol. The van der Waals surface area contributed by atoms with Crippen LogP contribution >= 0.6 is 0 Å². The summed E-state index contributed by atoms with van der Waals surface area (Å²) in [4.78, 5) is 24.5. The Labute approximate surface area is 181 Å². The summed E-state index contributed by atoms with van der Waals surface area (Å²) in [5.74, 6) is -1.22. The summed E-state index contributed by atoms with van der Waals surface area (Å²) in [7, 11) is 0. The van der Waals surface area contributed by atoms with E-state index in [-0.39, 0.29) is 24.0 Å². The van der Waals surface area contributed by atoms with E-state index in [4.69, 9.17) is 9.47 Å². The number of amides is 1. The molecule has 1 aliphatic heterocycles. The molecule has 0 bridgehead atoms. The molecular weight excluding hydrogens is 394 g/mol. The smallest absolute Gasteiger partial charge is 0.407 e. The van der Waals surface area contributed by atoms with Crippen LogP contribution in [0.1, 0.15) is 49.1 Å². The van der Waals surface area contributed by atoms with Crippen LogP contribution in [0.25, 0.3) is 11.1 Å². The lowest BCUT2D eigenvalue weighted by molar-refractivity contribution is -0.157. The maximum Gasteiger partial charge on any atom is 0.407 e. The fraction of sp³-hybridized carbons (Fsp3) is 0.440. The Morgan fingerprint density at radius 3 is 2.32 bits per heavy atom. The van der Waals surface area contributed by atoms with Crippen molar-refractivity contribution in [3.63, 3.8) is 0 Å². The van der Waals surface area contributed by atoms with Gasteiger partial charge in [-0.25, -0.2) is 9.59 Å². The van der Waals surface area contributed by atoms with E-state index < -0.39 is 18.1 Å². The number of aliphatic carboxylic acids is 1. The lowest BCUT2D eigenvalue weighted by Gasteiger charge is -2.48. The van der Waals surface area contributed by atoms with Crippen molar-refractivity contribution in [3.05, 3.63) is 59.7 Å². The van der Waals surface area contributed by atoms with Crippen LogP contribution in [-0.2, 0) is 14.3 Å². The average molecular weight is 421 g/mol. The molecule has 2 fully saturated rings. The Balaban J connectivity index is 1.26. The molecule has 3 aliphatic rings. The second-order valence-electron chi connectivity index (χ2n) is 8.92. The molecular formula is C25H27NO5. The summed E-state index contributed by atoms with van der Waals surface area (Å²) in [6, 6.07) is 15.3. The number of hydrogen-bond acceptors (Lipinski definition) is 4. The molecule has 2 aromatic carbocycles. The van der Waals surface area contributed by atoms with Gasteiger partial charge in [-0.1, -0.05) is 48.5 Å². The Morgan fingerprint density at radius 1 is 1.10 bits per heavy atom. The Morgan fingerprint density at radius 2 is 1.74 bits per heavy atom. The summed E-state index contributed by atoms with van der Waals surface area (Å²) in [6.45, 7) is 0.713. The second-order valence-corrected chi connectivity index (χ2v) is 8.92. The molecule has 5 rings (SSSR count). The molecule has 2 N–H and O–H groups in total. The van der Waals surface area contributed by atoms with E-state index in [0.29, 0.717) is 19.4 Å². The Kier molecular flexibility index (Phi) is 5.18. The van der Waals surface area contributed by atoms with E-state index in [1.54, 1.807) is 0 Å². The second kappa shape index (κ2) is 8.00. The van der Waals surface area contributed by atoms with Gasteiger partial charge in [0, 0.05) is 12.5 Å². The molecule has 1 amide bonds. The van der Waals surface area contributed by atoms with Crippen LogP contribution < -0.4 is 5.32 Å². The third kappa shape index (κ3) is 3.69. The first-order valence-corrected chi connectivity index (χ1v) is 11.0. The first kappa shape index (κ1) is 20.1. The zero-order valence-electron chi connectivity index (χ0n) is 17.4. The summed E-state index contributed by atoms with van der Waals surface area (Å²) in [6.07, 6.45) is 3.69. The van der Waals surface area contributed by atoms with E-state index in [9.17, 15) is 14.7 Å². The number of carboxylic acid groups (broad SMARTS) is 1. The molecule has 6 heteroatoms. The molecule has 1 heterocycles. The van der Waals surface area contributed by atoms with Crippen molar-refractivity contribution in [2.45, 2.75) is 49.7 Å². The van der Waals surface area contributed by atoms with E-state index in [2.05, 4.69) is 29.6 Å². The standard InChI is InChI=1S/C25H27NO5/c27-23(28)22(16-10-13-31-25(14-16)11-5-12-25)26-24(29)30-15-21-19-8-3-1-6-17(19)18-7-2-4-9-20(18)21/h1-4,6-9,16,21-22H,5,10-15H2,(H,26,29)(H,27,28). The van der Waals surface area contributed by atoms with Crippen LogP contribution in [0.4, 0.5) is 4.79 Å². The number of alkyl carbamates (subject to hydrolysis) is 1. The van der Waals surface area contributed by atoms with Crippen LogP contribution in [0.2, 0.25) is 0 Å². The third-order valence-electron chi connectivity index (χ3n) is 7.15. The van der Waals surface area contributed by atoms with E-state index in [1.165, 1.54) is 0 Å². The summed E-state index contributed by atoms with van der Waals surface area (Å²) in [5, 5.41) is 12.4. The summed E-state index contributed by atoms with van der Waals surface area (Å²) < 4.78 is 11.5. The van der Waals surface area contributed by atoms with Gasteiger partial charge < -0.3 is 19.9 Å². The van der Waals surface area contributed by atoms with Gasteiger partial charge in [-0.15, -0.1) is 0 Å². The quantitative estimate of drug-likeness (QED) is 0.751. The number of nitrogens with one attached hydrogen (secondary N) is 1. The highest BCUT2D eigenvalue weighted by molar-refractivity contribution is 5.81. The van der Waals surface area contributed by atoms with Crippen molar-refractivity contribution in [1.82, 2.24) is 5.32 Å². The predicted octanol–water partition coefficient (Wildman–Crippen LogP) is 4.33. The van der Waals surface area contributed by atoms with Gasteiger partial charge in [0.25, 0.3) is 0 Å². The van der Waals surface area contributed by atoms with Gasteiger partial charge in [0.1, 0.15) is 12.6 Å². The third-order valence-corrected chi connectivity index (χ3v) is 7.15. The molecule has 31 heavy (non-hydrogen) atoms. The lowest BCUT2D eigenvalue weighted by Crippen LogP contribution is -2.53. The minimum absolute atomic E-state index is 0.0530. The average Bonchev–Trinajstić information content (AvgIpc) is 3.08. The molecule has 2 atom stereocenters. The normalized spacial score (nSPS) is 22.1. The number of rotatable bonds is 5. The molecule has 1 saturated carbocycles. The van der Waals surface area contributed by atoms with Crippen molar-refractivity contribution < 1.29 is 24.2 Å². The van der Waals surface area contributed by atoms with Crippen molar-refractivity contribution >= 4 is 12.1 Å². The zero-order chi connectivity index (χ0) is 21.4. The molecule has 1 saturated heterocycles. The molecule has 2 unspecified atom stereocenters. The summed E-state index contributed by atoms with van der Waals surface area (Å²) in [5.41, 5.74) is 4.39. The maximum absolute atomic E-state index is 12.6. The molecule has 162 valence electrons. The Hall–Kier alpha value is -2.86. The highest BCUT2D eigenvalue weighted by atomic mass is 16.5. The molecule has 2 aromatic rings. The number of carbonyl (C=O) groups is 2. The number of hydrogen-bond donors (Lipinski definition) is 2.